The van der Waals surface area contributed by atoms with Crippen molar-refractivity contribution in [3.8, 4) is 0 Å². The molecule has 19 heavy (non-hydrogen) atoms. The van der Waals surface area contributed by atoms with Crippen LogP contribution in [0.25, 0.3) is 0 Å². The highest BCUT2D eigenvalue weighted by molar-refractivity contribution is 5.27. The van der Waals surface area contributed by atoms with Crippen molar-refractivity contribution in [3.63, 3.8) is 0 Å². The van der Waals surface area contributed by atoms with Crippen molar-refractivity contribution in [1.29, 1.82) is 0 Å². The first-order valence-electron chi connectivity index (χ1n) is 6.47. The highest BCUT2D eigenvalue weighted by Gasteiger charge is 2.29. The molecule has 1 nitrogen and oxygen atoms in total. The molecule has 0 radical (unpaired) electrons. The number of hydrogen-bond donors (Lipinski definition) is 1. The van der Waals surface area contributed by atoms with Crippen molar-refractivity contribution < 1.29 is 13.2 Å². The van der Waals surface area contributed by atoms with E-state index in [-0.39, 0.29) is 5.41 Å². The fourth-order valence-electron chi connectivity index (χ4n) is 1.83. The maximum absolute atomic E-state index is 12.2. The predicted octanol–water partition coefficient (Wildman–Crippen LogP) is 4.41. The molecule has 1 aromatic carbocycles. The summed E-state index contributed by atoms with van der Waals surface area (Å²) in [4.78, 5) is 0. The predicted molar refractivity (Wildman–Crippen MR) is 72.1 cm³/mol. The van der Waals surface area contributed by atoms with Crippen molar-refractivity contribution >= 4 is 0 Å². The molecule has 0 amide bonds. The third-order valence-electron chi connectivity index (χ3n) is 3.01. The molecule has 1 atom stereocenters. The van der Waals surface area contributed by atoms with Crippen LogP contribution in [0.1, 0.15) is 45.2 Å². The normalized spacial score (nSPS) is 14.5. The third kappa shape index (κ3) is 6.10. The molecule has 108 valence electrons. The largest absolute Gasteiger partial charge is 0.390 e. The van der Waals surface area contributed by atoms with E-state index in [0.29, 0.717) is 6.54 Å². The van der Waals surface area contributed by atoms with Gasteiger partial charge in [-0.15, -0.1) is 0 Å². The minimum Gasteiger partial charge on any atom is -0.310 e. The van der Waals surface area contributed by atoms with E-state index >= 15 is 0 Å². The summed E-state index contributed by atoms with van der Waals surface area (Å²) in [6, 6.07) is 7.43. The van der Waals surface area contributed by atoms with Crippen LogP contribution < -0.4 is 5.32 Å². The average molecular weight is 273 g/mol. The van der Waals surface area contributed by atoms with Crippen LogP contribution in [-0.2, 0) is 12.0 Å². The minimum absolute atomic E-state index is 0.0928. The highest BCUT2D eigenvalue weighted by atomic mass is 19.4. The smallest absolute Gasteiger partial charge is 0.310 e. The van der Waals surface area contributed by atoms with Gasteiger partial charge in [-0.3, -0.25) is 0 Å². The van der Waals surface area contributed by atoms with Crippen LogP contribution in [-0.4, -0.2) is 12.2 Å². The zero-order chi connectivity index (χ0) is 14.7. The van der Waals surface area contributed by atoms with E-state index in [2.05, 4.69) is 26.1 Å². The minimum atomic E-state index is -4.11. The first-order valence-corrected chi connectivity index (χ1v) is 6.47. The Hall–Kier alpha value is -1.03. The van der Waals surface area contributed by atoms with Gasteiger partial charge in [0.05, 0.1) is 6.42 Å². The summed E-state index contributed by atoms with van der Waals surface area (Å²) >= 11 is 0. The molecule has 0 saturated heterocycles. The standard InChI is InChI=1S/C15H22F3N/c1-11(9-15(16,17)18)19-10-12-5-7-13(8-6-12)14(2,3)4/h5-8,11,19H,9-10H2,1-4H3. The van der Waals surface area contributed by atoms with Crippen LogP contribution in [0, 0.1) is 0 Å². The lowest BCUT2D eigenvalue weighted by molar-refractivity contribution is -0.139. The zero-order valence-electron chi connectivity index (χ0n) is 11.9. The molecule has 1 unspecified atom stereocenters. The van der Waals surface area contributed by atoms with Crippen LogP contribution in [0.15, 0.2) is 24.3 Å². The van der Waals surface area contributed by atoms with E-state index in [1.807, 2.05) is 24.3 Å². The monoisotopic (exact) mass is 273 g/mol. The number of hydrogen-bond acceptors (Lipinski definition) is 1. The lowest BCUT2D eigenvalue weighted by Gasteiger charge is -2.20. The Labute approximate surface area is 113 Å². The molecule has 4 heteroatoms. The number of benzene rings is 1. The van der Waals surface area contributed by atoms with E-state index in [1.54, 1.807) is 6.92 Å². The Balaban J connectivity index is 2.51. The van der Waals surface area contributed by atoms with Gasteiger partial charge in [0.1, 0.15) is 0 Å². The maximum atomic E-state index is 12.2. The van der Waals surface area contributed by atoms with Gasteiger partial charge in [-0.1, -0.05) is 45.0 Å². The Kier molecular flexibility index (Phi) is 5.02. The average Bonchev–Trinajstić information content (AvgIpc) is 2.23. The lowest BCUT2D eigenvalue weighted by atomic mass is 9.87. The van der Waals surface area contributed by atoms with Gasteiger partial charge in [-0.05, 0) is 23.5 Å². The topological polar surface area (TPSA) is 12.0 Å². The van der Waals surface area contributed by atoms with E-state index in [9.17, 15) is 13.2 Å². The molecule has 0 aliphatic heterocycles. The van der Waals surface area contributed by atoms with Crippen LogP contribution >= 0.6 is 0 Å². The van der Waals surface area contributed by atoms with Gasteiger partial charge in [0.15, 0.2) is 0 Å². The van der Waals surface area contributed by atoms with Crippen molar-refractivity contribution in [2.75, 3.05) is 0 Å². The van der Waals surface area contributed by atoms with Gasteiger partial charge < -0.3 is 5.32 Å². The molecule has 1 N–H and O–H groups in total. The Morgan fingerprint density at radius 2 is 1.58 bits per heavy atom. The number of halogens is 3. The number of alkyl halides is 3. The Morgan fingerprint density at radius 3 is 2.00 bits per heavy atom. The Morgan fingerprint density at radius 1 is 1.05 bits per heavy atom. The molecule has 0 aromatic heterocycles. The van der Waals surface area contributed by atoms with E-state index in [1.165, 1.54) is 5.56 Å². The molecule has 1 aromatic rings. The first kappa shape index (κ1) is 16.0. The third-order valence-corrected chi connectivity index (χ3v) is 3.01. The SMILES string of the molecule is CC(CC(F)(F)F)NCc1ccc(C(C)(C)C)cc1. The van der Waals surface area contributed by atoms with E-state index in [0.717, 1.165) is 5.56 Å². The van der Waals surface area contributed by atoms with Gasteiger partial charge in [0.2, 0.25) is 0 Å². The molecule has 0 fully saturated rings. The fraction of sp³-hybridized carbons (Fsp3) is 0.600. The number of nitrogens with one attached hydrogen (secondary N) is 1. The van der Waals surface area contributed by atoms with Crippen molar-refractivity contribution in [3.05, 3.63) is 35.4 Å². The summed E-state index contributed by atoms with van der Waals surface area (Å²) in [5, 5.41) is 2.89. The van der Waals surface area contributed by atoms with Gasteiger partial charge in [-0.25, -0.2) is 0 Å². The highest BCUT2D eigenvalue weighted by Crippen LogP contribution is 2.23. The molecular weight excluding hydrogens is 251 g/mol. The van der Waals surface area contributed by atoms with Crippen molar-refractivity contribution in [2.24, 2.45) is 0 Å². The van der Waals surface area contributed by atoms with Gasteiger partial charge in [0.25, 0.3) is 0 Å². The fourth-order valence-corrected chi connectivity index (χ4v) is 1.83. The first-order chi connectivity index (χ1) is 8.58. The van der Waals surface area contributed by atoms with E-state index < -0.39 is 18.6 Å². The second kappa shape index (κ2) is 5.95. The summed E-state index contributed by atoms with van der Waals surface area (Å²) in [6.45, 7) is 8.40. The quantitative estimate of drug-likeness (QED) is 0.856. The zero-order valence-corrected chi connectivity index (χ0v) is 11.9. The molecule has 0 aliphatic rings. The van der Waals surface area contributed by atoms with Crippen LogP contribution in [0.5, 0.6) is 0 Å². The van der Waals surface area contributed by atoms with Crippen LogP contribution in [0.2, 0.25) is 0 Å². The second-order valence-electron chi connectivity index (χ2n) is 6.05. The molecule has 0 bridgehead atoms. The summed E-state index contributed by atoms with van der Waals surface area (Å²) in [5.41, 5.74) is 2.32. The number of rotatable bonds is 4. The van der Waals surface area contributed by atoms with Gasteiger partial charge in [0, 0.05) is 12.6 Å². The summed E-state index contributed by atoms with van der Waals surface area (Å²) in [7, 11) is 0. The van der Waals surface area contributed by atoms with Crippen LogP contribution in [0.4, 0.5) is 13.2 Å². The molecule has 1 rings (SSSR count). The molecule has 0 saturated carbocycles. The molecule has 0 heterocycles. The van der Waals surface area contributed by atoms with Gasteiger partial charge in [-0.2, -0.15) is 13.2 Å². The van der Waals surface area contributed by atoms with E-state index in [4.69, 9.17) is 0 Å². The summed E-state index contributed by atoms with van der Waals surface area (Å²) < 4.78 is 36.5. The van der Waals surface area contributed by atoms with Gasteiger partial charge >= 0.3 is 6.18 Å². The molecule has 0 aliphatic carbocycles. The summed E-state index contributed by atoms with van der Waals surface area (Å²) in [6.07, 6.45) is -4.91. The van der Waals surface area contributed by atoms with Crippen molar-refractivity contribution in [2.45, 2.75) is 58.3 Å². The maximum Gasteiger partial charge on any atom is 0.390 e. The summed E-state index contributed by atoms with van der Waals surface area (Å²) in [5.74, 6) is 0. The Bertz CT molecular complexity index is 387. The van der Waals surface area contributed by atoms with Crippen LogP contribution in [0.3, 0.4) is 0 Å². The second-order valence-corrected chi connectivity index (χ2v) is 6.05. The molecule has 0 spiro atoms. The van der Waals surface area contributed by atoms with Crippen molar-refractivity contribution in [1.82, 2.24) is 5.32 Å². The lowest BCUT2D eigenvalue weighted by Crippen LogP contribution is -2.30. The molecular formula is C15H22F3N.